The van der Waals surface area contributed by atoms with E-state index >= 15 is 0 Å². The van der Waals surface area contributed by atoms with Crippen LogP contribution >= 0.6 is 0 Å². The lowest BCUT2D eigenvalue weighted by atomic mass is 9.98. The zero-order chi connectivity index (χ0) is 16.6. The molecule has 0 atom stereocenters. The van der Waals surface area contributed by atoms with Gasteiger partial charge in [-0.15, -0.1) is 0 Å². The predicted octanol–water partition coefficient (Wildman–Crippen LogP) is 2.40. The highest BCUT2D eigenvalue weighted by molar-refractivity contribution is 5.94. The summed E-state index contributed by atoms with van der Waals surface area (Å²) in [5, 5.41) is 17.5. The summed E-state index contributed by atoms with van der Waals surface area (Å²) in [5.74, 6) is -0.140. The molecule has 5 heteroatoms. The third-order valence-corrected chi connectivity index (χ3v) is 5.39. The highest BCUT2D eigenvalue weighted by Gasteiger charge is 2.37. The minimum absolute atomic E-state index is 0.000322. The number of aromatic nitrogens is 2. The Morgan fingerprint density at radius 3 is 2.62 bits per heavy atom. The van der Waals surface area contributed by atoms with Gasteiger partial charge in [-0.2, -0.15) is 5.10 Å². The molecule has 0 bridgehead atoms. The van der Waals surface area contributed by atoms with Crippen LogP contribution in [0.2, 0.25) is 0 Å². The molecular weight excluding hydrogens is 302 g/mol. The van der Waals surface area contributed by atoms with Gasteiger partial charge >= 0.3 is 0 Å². The molecule has 0 unspecified atom stereocenters. The van der Waals surface area contributed by atoms with Gasteiger partial charge in [0, 0.05) is 11.3 Å². The molecule has 0 saturated heterocycles. The summed E-state index contributed by atoms with van der Waals surface area (Å²) >= 11 is 0. The number of carbonyl (C=O) groups is 1. The third kappa shape index (κ3) is 2.53. The van der Waals surface area contributed by atoms with Crippen LogP contribution in [0.15, 0.2) is 30.3 Å². The highest BCUT2D eigenvalue weighted by Crippen LogP contribution is 2.31. The molecule has 0 aliphatic heterocycles. The average molecular weight is 325 g/mol. The molecule has 1 saturated carbocycles. The lowest BCUT2D eigenvalue weighted by molar-refractivity contribution is 0.0832. The summed E-state index contributed by atoms with van der Waals surface area (Å²) in [6.45, 7) is 0.000322. The number of hydrogen-bond acceptors (Lipinski definition) is 3. The van der Waals surface area contributed by atoms with Crippen molar-refractivity contribution < 1.29 is 9.90 Å². The predicted molar refractivity (Wildman–Crippen MR) is 91.3 cm³/mol. The van der Waals surface area contributed by atoms with Crippen molar-refractivity contribution in [2.24, 2.45) is 0 Å². The monoisotopic (exact) mass is 325 g/mol. The van der Waals surface area contributed by atoms with Gasteiger partial charge in [-0.05, 0) is 44.2 Å². The first-order valence-electron chi connectivity index (χ1n) is 8.82. The summed E-state index contributed by atoms with van der Waals surface area (Å²) in [7, 11) is 0. The quantitative estimate of drug-likeness (QED) is 0.907. The maximum Gasteiger partial charge on any atom is 0.272 e. The SMILES string of the molecule is O=C(NC1(CO)CCCC1)c1nn(-c2ccccc2)c2c1CCC2. The van der Waals surface area contributed by atoms with Gasteiger partial charge in [0.15, 0.2) is 5.69 Å². The number of aliphatic hydroxyl groups is 1. The summed E-state index contributed by atoms with van der Waals surface area (Å²) < 4.78 is 1.91. The van der Waals surface area contributed by atoms with Gasteiger partial charge in [-0.1, -0.05) is 31.0 Å². The van der Waals surface area contributed by atoms with E-state index in [1.54, 1.807) is 0 Å². The number of para-hydroxylation sites is 1. The molecule has 1 aromatic heterocycles. The third-order valence-electron chi connectivity index (χ3n) is 5.39. The van der Waals surface area contributed by atoms with Crippen LogP contribution in [-0.2, 0) is 12.8 Å². The van der Waals surface area contributed by atoms with E-state index in [-0.39, 0.29) is 12.5 Å². The molecule has 2 aliphatic rings. The molecule has 1 fully saturated rings. The van der Waals surface area contributed by atoms with Crippen molar-refractivity contribution in [2.75, 3.05) is 6.61 Å². The van der Waals surface area contributed by atoms with Gasteiger partial charge in [-0.25, -0.2) is 4.68 Å². The Hall–Kier alpha value is -2.14. The van der Waals surface area contributed by atoms with Gasteiger partial charge < -0.3 is 10.4 Å². The number of amides is 1. The standard InChI is InChI=1S/C19H23N3O2/c23-13-19(11-4-5-12-19)20-18(24)17-15-9-6-10-16(15)22(21-17)14-7-2-1-3-8-14/h1-3,7-8,23H,4-6,9-13H2,(H,20,24). The average Bonchev–Trinajstić information content (AvgIpc) is 3.32. The van der Waals surface area contributed by atoms with Gasteiger partial charge in [0.05, 0.1) is 17.8 Å². The number of nitrogens with zero attached hydrogens (tertiary/aromatic N) is 2. The highest BCUT2D eigenvalue weighted by atomic mass is 16.3. The zero-order valence-corrected chi connectivity index (χ0v) is 13.8. The molecule has 5 nitrogen and oxygen atoms in total. The second-order valence-electron chi connectivity index (χ2n) is 6.97. The first-order valence-corrected chi connectivity index (χ1v) is 8.82. The molecule has 2 aromatic rings. The van der Waals surface area contributed by atoms with Crippen LogP contribution in [0, 0.1) is 0 Å². The van der Waals surface area contributed by atoms with Crippen molar-refractivity contribution in [2.45, 2.75) is 50.5 Å². The summed E-state index contributed by atoms with van der Waals surface area (Å²) in [5.41, 5.74) is 3.29. The first kappa shape index (κ1) is 15.4. The lowest BCUT2D eigenvalue weighted by Crippen LogP contribution is -2.49. The van der Waals surface area contributed by atoms with E-state index in [2.05, 4.69) is 10.4 Å². The Kier molecular flexibility index (Phi) is 3.88. The fourth-order valence-corrected chi connectivity index (χ4v) is 4.08. The Labute approximate surface area is 141 Å². The molecule has 126 valence electrons. The van der Waals surface area contributed by atoms with Crippen molar-refractivity contribution in [3.05, 3.63) is 47.3 Å². The van der Waals surface area contributed by atoms with Crippen LogP contribution in [-0.4, -0.2) is 32.9 Å². The van der Waals surface area contributed by atoms with E-state index in [1.165, 1.54) is 0 Å². The topological polar surface area (TPSA) is 67.2 Å². The van der Waals surface area contributed by atoms with Crippen molar-refractivity contribution in [1.82, 2.24) is 15.1 Å². The zero-order valence-electron chi connectivity index (χ0n) is 13.8. The molecule has 4 rings (SSSR count). The smallest absolute Gasteiger partial charge is 0.272 e. The fourth-order valence-electron chi connectivity index (χ4n) is 4.08. The van der Waals surface area contributed by atoms with E-state index in [0.29, 0.717) is 5.69 Å². The fraction of sp³-hybridized carbons (Fsp3) is 0.474. The number of benzene rings is 1. The van der Waals surface area contributed by atoms with Crippen LogP contribution in [0.3, 0.4) is 0 Å². The normalized spacial score (nSPS) is 18.5. The van der Waals surface area contributed by atoms with Gasteiger partial charge in [0.25, 0.3) is 5.91 Å². The second kappa shape index (κ2) is 6.06. The van der Waals surface area contributed by atoms with Crippen molar-refractivity contribution in [3.63, 3.8) is 0 Å². The van der Waals surface area contributed by atoms with E-state index in [0.717, 1.165) is 61.9 Å². The number of nitrogens with one attached hydrogen (secondary N) is 1. The van der Waals surface area contributed by atoms with E-state index in [1.807, 2.05) is 35.0 Å². The molecule has 1 aromatic carbocycles. The number of aliphatic hydroxyl groups excluding tert-OH is 1. The summed E-state index contributed by atoms with van der Waals surface area (Å²) in [6, 6.07) is 9.97. The van der Waals surface area contributed by atoms with Gasteiger partial charge in [0.2, 0.25) is 0 Å². The van der Waals surface area contributed by atoms with Gasteiger partial charge in [0.1, 0.15) is 0 Å². The molecule has 1 amide bonds. The van der Waals surface area contributed by atoms with Crippen LogP contribution in [0.4, 0.5) is 0 Å². The van der Waals surface area contributed by atoms with Gasteiger partial charge in [-0.3, -0.25) is 4.79 Å². The number of carbonyl (C=O) groups excluding carboxylic acids is 1. The molecule has 0 spiro atoms. The van der Waals surface area contributed by atoms with Crippen LogP contribution in [0.1, 0.15) is 53.8 Å². The lowest BCUT2D eigenvalue weighted by Gasteiger charge is -2.27. The Morgan fingerprint density at radius 1 is 1.17 bits per heavy atom. The van der Waals surface area contributed by atoms with Crippen molar-refractivity contribution >= 4 is 5.91 Å². The Bertz CT molecular complexity index is 745. The molecular formula is C19H23N3O2. The maximum atomic E-state index is 12.9. The largest absolute Gasteiger partial charge is 0.394 e. The summed E-state index contributed by atoms with van der Waals surface area (Å²) in [4.78, 5) is 12.9. The molecule has 2 aliphatic carbocycles. The number of hydrogen-bond donors (Lipinski definition) is 2. The minimum Gasteiger partial charge on any atom is -0.394 e. The minimum atomic E-state index is -0.459. The number of rotatable bonds is 4. The maximum absolute atomic E-state index is 12.9. The van der Waals surface area contributed by atoms with Crippen molar-refractivity contribution in [3.8, 4) is 5.69 Å². The number of fused-ring (bicyclic) bond motifs is 1. The van der Waals surface area contributed by atoms with E-state index in [4.69, 9.17) is 0 Å². The van der Waals surface area contributed by atoms with Crippen LogP contribution in [0.25, 0.3) is 5.69 Å². The summed E-state index contributed by atoms with van der Waals surface area (Å²) in [6.07, 6.45) is 6.71. The molecule has 1 heterocycles. The van der Waals surface area contributed by atoms with E-state index < -0.39 is 5.54 Å². The Balaban J connectivity index is 1.68. The van der Waals surface area contributed by atoms with Crippen LogP contribution < -0.4 is 5.32 Å². The van der Waals surface area contributed by atoms with E-state index in [9.17, 15) is 9.90 Å². The first-order chi connectivity index (χ1) is 11.7. The molecule has 0 radical (unpaired) electrons. The Morgan fingerprint density at radius 2 is 1.92 bits per heavy atom. The van der Waals surface area contributed by atoms with Crippen LogP contribution in [0.5, 0.6) is 0 Å². The molecule has 24 heavy (non-hydrogen) atoms. The second-order valence-corrected chi connectivity index (χ2v) is 6.97. The molecule has 2 N–H and O–H groups in total. The van der Waals surface area contributed by atoms with Crippen molar-refractivity contribution in [1.29, 1.82) is 0 Å².